The minimum Gasteiger partial charge on any atom is -0.278 e. The van der Waals surface area contributed by atoms with Crippen molar-refractivity contribution in [2.45, 2.75) is 0 Å². The molecule has 0 amide bonds. The van der Waals surface area contributed by atoms with Gasteiger partial charge in [0.25, 0.3) is 0 Å². The lowest BCUT2D eigenvalue weighted by molar-refractivity contribution is 0.601. The summed E-state index contributed by atoms with van der Waals surface area (Å²) in [4.78, 5) is 1.36. The molecule has 0 unspecified atom stereocenters. The number of rotatable bonds is 4. The Kier molecular flexibility index (Phi) is 3.69. The van der Waals surface area contributed by atoms with Crippen LogP contribution in [-0.2, 0) is 9.84 Å². The second-order valence-corrected chi connectivity index (χ2v) is 5.48. The van der Waals surface area contributed by atoms with Gasteiger partial charge in [-0.2, -0.15) is 5.26 Å². The van der Waals surface area contributed by atoms with E-state index in [1.54, 1.807) is 24.3 Å². The maximum Gasteiger partial charge on any atom is 0.184 e. The van der Waals surface area contributed by atoms with Gasteiger partial charge in [0, 0.05) is 12.8 Å². The molecule has 1 aromatic carbocycles. The highest BCUT2D eigenvalue weighted by molar-refractivity contribution is 7.90. The lowest BCUT2D eigenvalue weighted by Gasteiger charge is -2.14. The first kappa shape index (κ1) is 11.5. The Morgan fingerprint density at radius 1 is 1.33 bits per heavy atom. The van der Waals surface area contributed by atoms with Crippen molar-refractivity contribution in [1.82, 2.24) is 0 Å². The molecular formula is C10H12N2O2S. The van der Waals surface area contributed by atoms with Crippen LogP contribution >= 0.6 is 0 Å². The van der Waals surface area contributed by atoms with E-state index in [0.717, 1.165) is 6.26 Å². The Balaban J connectivity index is 2.71. The van der Waals surface area contributed by atoms with Crippen molar-refractivity contribution in [2.75, 3.05) is 23.5 Å². The van der Waals surface area contributed by atoms with Gasteiger partial charge in [-0.05, 0) is 12.1 Å². The van der Waals surface area contributed by atoms with E-state index in [-0.39, 0.29) is 12.3 Å². The van der Waals surface area contributed by atoms with Gasteiger partial charge in [0.1, 0.15) is 9.84 Å². The molecule has 15 heavy (non-hydrogen) atoms. The third kappa shape index (κ3) is 4.00. The molecule has 0 saturated carbocycles. The van der Waals surface area contributed by atoms with Crippen LogP contribution in [-0.4, -0.2) is 27.0 Å². The van der Waals surface area contributed by atoms with E-state index < -0.39 is 9.84 Å². The second-order valence-electron chi connectivity index (χ2n) is 3.22. The molecule has 0 aliphatic heterocycles. The van der Waals surface area contributed by atoms with Crippen LogP contribution in [0.3, 0.4) is 0 Å². The molecule has 0 atom stereocenters. The van der Waals surface area contributed by atoms with Gasteiger partial charge < -0.3 is 0 Å². The number of para-hydroxylation sites is 1. The molecule has 0 N–H and O–H groups in total. The van der Waals surface area contributed by atoms with Crippen molar-refractivity contribution in [3.8, 4) is 6.19 Å². The van der Waals surface area contributed by atoms with Gasteiger partial charge in [-0.1, -0.05) is 18.2 Å². The minimum absolute atomic E-state index is 0.0184. The zero-order valence-corrected chi connectivity index (χ0v) is 9.24. The summed E-state index contributed by atoms with van der Waals surface area (Å²) in [6.45, 7) is 0.194. The van der Waals surface area contributed by atoms with Crippen molar-refractivity contribution >= 4 is 15.5 Å². The van der Waals surface area contributed by atoms with E-state index in [1.165, 1.54) is 4.90 Å². The molecule has 1 rings (SSSR count). The molecule has 0 aliphatic rings. The van der Waals surface area contributed by atoms with Crippen molar-refractivity contribution in [1.29, 1.82) is 5.26 Å². The summed E-state index contributed by atoms with van der Waals surface area (Å²) in [6, 6.07) is 8.99. The SMILES string of the molecule is CS(=O)(=O)CCN(C#N)c1ccccc1. The van der Waals surface area contributed by atoms with E-state index in [4.69, 9.17) is 5.26 Å². The summed E-state index contributed by atoms with van der Waals surface area (Å²) < 4.78 is 21.9. The zero-order chi connectivity index (χ0) is 11.3. The molecule has 0 aromatic heterocycles. The number of nitrogens with zero attached hydrogens (tertiary/aromatic N) is 2. The normalized spacial score (nSPS) is 10.7. The maximum absolute atomic E-state index is 10.9. The average molecular weight is 224 g/mol. The third-order valence-corrected chi connectivity index (χ3v) is 2.80. The van der Waals surface area contributed by atoms with Gasteiger partial charge in [-0.3, -0.25) is 4.90 Å². The van der Waals surface area contributed by atoms with Crippen LogP contribution in [0.1, 0.15) is 0 Å². The molecule has 80 valence electrons. The summed E-state index contributed by atoms with van der Waals surface area (Å²) in [6.07, 6.45) is 3.12. The highest BCUT2D eigenvalue weighted by Gasteiger charge is 2.08. The number of nitriles is 1. The Morgan fingerprint density at radius 3 is 2.40 bits per heavy atom. The van der Waals surface area contributed by atoms with E-state index in [9.17, 15) is 8.42 Å². The van der Waals surface area contributed by atoms with Crippen LogP contribution in [0, 0.1) is 11.5 Å². The summed E-state index contributed by atoms with van der Waals surface area (Å²) in [7, 11) is -3.03. The lowest BCUT2D eigenvalue weighted by Crippen LogP contribution is -2.24. The Labute approximate surface area is 89.7 Å². The lowest BCUT2D eigenvalue weighted by atomic mass is 10.3. The number of sulfone groups is 1. The molecular weight excluding hydrogens is 212 g/mol. The van der Waals surface area contributed by atoms with Gasteiger partial charge in [-0.15, -0.1) is 0 Å². The first-order valence-corrected chi connectivity index (χ1v) is 6.49. The van der Waals surface area contributed by atoms with Gasteiger partial charge in [0.2, 0.25) is 0 Å². The first-order chi connectivity index (χ1) is 7.03. The van der Waals surface area contributed by atoms with Gasteiger partial charge in [-0.25, -0.2) is 8.42 Å². The topological polar surface area (TPSA) is 61.2 Å². The maximum atomic E-state index is 10.9. The fourth-order valence-electron chi connectivity index (χ4n) is 1.10. The molecule has 0 spiro atoms. The van der Waals surface area contributed by atoms with Crippen LogP contribution < -0.4 is 4.90 Å². The monoisotopic (exact) mass is 224 g/mol. The largest absolute Gasteiger partial charge is 0.278 e. The molecule has 0 fully saturated rings. The second kappa shape index (κ2) is 4.80. The number of hydrogen-bond acceptors (Lipinski definition) is 4. The number of anilines is 1. The van der Waals surface area contributed by atoms with E-state index in [2.05, 4.69) is 0 Å². The Morgan fingerprint density at radius 2 is 1.93 bits per heavy atom. The van der Waals surface area contributed by atoms with Gasteiger partial charge in [0.05, 0.1) is 11.4 Å². The van der Waals surface area contributed by atoms with E-state index >= 15 is 0 Å². The van der Waals surface area contributed by atoms with E-state index in [1.807, 2.05) is 12.3 Å². The van der Waals surface area contributed by atoms with Crippen LogP contribution in [0.15, 0.2) is 30.3 Å². The van der Waals surface area contributed by atoms with Gasteiger partial charge in [0.15, 0.2) is 6.19 Å². The standard InChI is InChI=1S/C10H12N2O2S/c1-15(13,14)8-7-12(9-11)10-5-3-2-4-6-10/h2-6H,7-8H2,1H3. The highest BCUT2D eigenvalue weighted by Crippen LogP contribution is 2.11. The Bertz CT molecular complexity index is 448. The zero-order valence-electron chi connectivity index (χ0n) is 8.42. The smallest absolute Gasteiger partial charge is 0.184 e. The molecule has 0 bridgehead atoms. The molecule has 0 aliphatic carbocycles. The van der Waals surface area contributed by atoms with Crippen LogP contribution in [0.2, 0.25) is 0 Å². The molecule has 0 heterocycles. The van der Waals surface area contributed by atoms with Crippen molar-refractivity contribution in [3.05, 3.63) is 30.3 Å². The summed E-state index contributed by atoms with van der Waals surface area (Å²) in [5.74, 6) is -0.0184. The van der Waals surface area contributed by atoms with Crippen molar-refractivity contribution in [2.24, 2.45) is 0 Å². The predicted molar refractivity (Wildman–Crippen MR) is 59.1 cm³/mol. The first-order valence-electron chi connectivity index (χ1n) is 4.43. The van der Waals surface area contributed by atoms with E-state index in [0.29, 0.717) is 5.69 Å². The summed E-state index contributed by atoms with van der Waals surface area (Å²) >= 11 is 0. The highest BCUT2D eigenvalue weighted by atomic mass is 32.2. The third-order valence-electron chi connectivity index (χ3n) is 1.87. The van der Waals surface area contributed by atoms with Crippen molar-refractivity contribution in [3.63, 3.8) is 0 Å². The summed E-state index contributed by atoms with van der Waals surface area (Å²) in [5.41, 5.74) is 0.712. The van der Waals surface area contributed by atoms with Crippen LogP contribution in [0.4, 0.5) is 5.69 Å². The average Bonchev–Trinajstić information content (AvgIpc) is 2.19. The Hall–Kier alpha value is -1.54. The fraction of sp³-hybridized carbons (Fsp3) is 0.300. The fourth-order valence-corrected chi connectivity index (χ4v) is 1.62. The van der Waals surface area contributed by atoms with Crippen molar-refractivity contribution < 1.29 is 8.42 Å². The van der Waals surface area contributed by atoms with Crippen LogP contribution in [0.25, 0.3) is 0 Å². The summed E-state index contributed by atoms with van der Waals surface area (Å²) in [5, 5.41) is 8.86. The van der Waals surface area contributed by atoms with Crippen LogP contribution in [0.5, 0.6) is 0 Å². The quantitative estimate of drug-likeness (QED) is 0.566. The number of benzene rings is 1. The number of hydrogen-bond donors (Lipinski definition) is 0. The van der Waals surface area contributed by atoms with Gasteiger partial charge >= 0.3 is 0 Å². The molecule has 5 heteroatoms. The molecule has 0 saturated heterocycles. The molecule has 4 nitrogen and oxygen atoms in total. The molecule has 0 radical (unpaired) electrons. The predicted octanol–water partition coefficient (Wildman–Crippen LogP) is 1.02. The molecule has 1 aromatic rings. The minimum atomic E-state index is -3.03.